The predicted octanol–water partition coefficient (Wildman–Crippen LogP) is 4.29. The van der Waals surface area contributed by atoms with Crippen LogP contribution in [-0.4, -0.2) is 20.4 Å². The topological polar surface area (TPSA) is 47.9 Å². The normalized spacial score (nSPS) is 13.4. The van der Waals surface area contributed by atoms with Crippen molar-refractivity contribution in [3.05, 3.63) is 71.8 Å². The molecule has 1 atom stereocenters. The molecule has 4 nitrogen and oxygen atoms in total. The average molecular weight is 303 g/mol. The van der Waals surface area contributed by atoms with Gasteiger partial charge < -0.3 is 9.05 Å². The van der Waals surface area contributed by atoms with E-state index in [0.29, 0.717) is 0 Å². The molecule has 0 heterocycles. The monoisotopic (exact) mass is 303 g/mol. The third-order valence-electron chi connectivity index (χ3n) is 3.07. The molecule has 0 aliphatic carbocycles. The van der Waals surface area contributed by atoms with Crippen LogP contribution >= 0.6 is 7.60 Å². The Morgan fingerprint density at radius 1 is 0.952 bits per heavy atom. The molecule has 0 saturated heterocycles. The first-order valence-corrected chi connectivity index (χ1v) is 8.15. The van der Waals surface area contributed by atoms with Crippen LogP contribution in [0.25, 0.3) is 0 Å². The Morgan fingerprint density at radius 2 is 1.48 bits per heavy atom. The number of hydrogen-bond donors (Lipinski definition) is 0. The highest BCUT2D eigenvalue weighted by molar-refractivity contribution is 7.54. The maximum atomic E-state index is 12.7. The zero-order valence-electron chi connectivity index (χ0n) is 12.0. The molecule has 21 heavy (non-hydrogen) atoms. The van der Waals surface area contributed by atoms with E-state index in [0.717, 1.165) is 11.1 Å². The molecule has 5 heteroatoms. The van der Waals surface area contributed by atoms with E-state index < -0.39 is 13.4 Å². The van der Waals surface area contributed by atoms with Gasteiger partial charge in [-0.25, -0.2) is 0 Å². The molecule has 110 valence electrons. The number of hydrogen-bond acceptors (Lipinski definition) is 4. The van der Waals surface area contributed by atoms with Crippen molar-refractivity contribution in [2.75, 3.05) is 14.2 Å². The smallest absolute Gasteiger partial charge is 0.310 e. The first kappa shape index (κ1) is 15.6. The largest absolute Gasteiger partial charge is 0.358 e. The fourth-order valence-electron chi connectivity index (χ4n) is 1.95. The molecule has 0 spiro atoms. The van der Waals surface area contributed by atoms with Crippen molar-refractivity contribution in [2.45, 2.75) is 5.78 Å². The second kappa shape index (κ2) is 7.32. The second-order valence-electron chi connectivity index (χ2n) is 4.38. The van der Waals surface area contributed by atoms with E-state index in [4.69, 9.17) is 9.05 Å². The van der Waals surface area contributed by atoms with Crippen LogP contribution in [0.3, 0.4) is 0 Å². The standard InChI is InChI=1S/C16H18NO3P/c1-19-21(18,20-2)16(15-11-7-4-8-12-15)17-13-14-9-5-3-6-10-14/h3-13,16H,1-2H3/b17-13+. The fourth-order valence-corrected chi connectivity index (χ4v) is 3.26. The lowest BCUT2D eigenvalue weighted by Gasteiger charge is -2.21. The SMILES string of the molecule is COP(=O)(OC)C(/N=C/c1ccccc1)c1ccccc1. The zero-order valence-corrected chi connectivity index (χ0v) is 12.9. The summed E-state index contributed by atoms with van der Waals surface area (Å²) in [5.74, 6) is -0.686. The van der Waals surface area contributed by atoms with Crippen molar-refractivity contribution >= 4 is 13.8 Å². The van der Waals surface area contributed by atoms with Gasteiger partial charge in [0.15, 0.2) is 5.78 Å². The van der Waals surface area contributed by atoms with Crippen molar-refractivity contribution in [2.24, 2.45) is 4.99 Å². The number of benzene rings is 2. The van der Waals surface area contributed by atoms with Crippen molar-refractivity contribution in [3.8, 4) is 0 Å². The van der Waals surface area contributed by atoms with Crippen molar-refractivity contribution in [1.29, 1.82) is 0 Å². The Morgan fingerprint density at radius 3 is 2.00 bits per heavy atom. The number of aliphatic imine (C=N–C) groups is 1. The molecule has 2 aromatic carbocycles. The van der Waals surface area contributed by atoms with Crippen LogP contribution in [0.5, 0.6) is 0 Å². The molecule has 0 fully saturated rings. The Kier molecular flexibility index (Phi) is 5.45. The van der Waals surface area contributed by atoms with E-state index in [9.17, 15) is 4.57 Å². The van der Waals surface area contributed by atoms with Gasteiger partial charge in [-0.15, -0.1) is 0 Å². The third kappa shape index (κ3) is 3.88. The molecule has 0 saturated carbocycles. The minimum Gasteiger partial charge on any atom is -0.310 e. The molecule has 0 radical (unpaired) electrons. The molecule has 0 amide bonds. The van der Waals surface area contributed by atoms with Gasteiger partial charge in [-0.3, -0.25) is 9.56 Å². The molecule has 0 aromatic heterocycles. The van der Waals surface area contributed by atoms with E-state index >= 15 is 0 Å². The van der Waals surface area contributed by atoms with Gasteiger partial charge in [-0.2, -0.15) is 0 Å². The van der Waals surface area contributed by atoms with Crippen molar-refractivity contribution in [3.63, 3.8) is 0 Å². The predicted molar refractivity (Wildman–Crippen MR) is 84.8 cm³/mol. The van der Waals surface area contributed by atoms with Crippen LogP contribution in [0, 0.1) is 0 Å². The number of nitrogens with zero attached hydrogens (tertiary/aromatic N) is 1. The highest BCUT2D eigenvalue weighted by atomic mass is 31.2. The quantitative estimate of drug-likeness (QED) is 0.591. The maximum absolute atomic E-state index is 12.7. The van der Waals surface area contributed by atoms with Crippen LogP contribution in [0.15, 0.2) is 65.7 Å². The summed E-state index contributed by atoms with van der Waals surface area (Å²) in [4.78, 5) is 4.44. The summed E-state index contributed by atoms with van der Waals surface area (Å²) in [6.07, 6.45) is 1.68. The van der Waals surface area contributed by atoms with Crippen LogP contribution in [0.1, 0.15) is 16.9 Å². The summed E-state index contributed by atoms with van der Waals surface area (Å²) in [5.41, 5.74) is 1.72. The average Bonchev–Trinajstić information content (AvgIpc) is 2.56. The molecular weight excluding hydrogens is 285 g/mol. The van der Waals surface area contributed by atoms with Gasteiger partial charge in [0.1, 0.15) is 0 Å². The van der Waals surface area contributed by atoms with Gasteiger partial charge in [0, 0.05) is 20.4 Å². The van der Waals surface area contributed by atoms with E-state index in [1.54, 1.807) is 6.21 Å². The van der Waals surface area contributed by atoms with E-state index in [-0.39, 0.29) is 0 Å². The Hall–Kier alpha value is -1.74. The van der Waals surface area contributed by atoms with E-state index in [1.807, 2.05) is 60.7 Å². The van der Waals surface area contributed by atoms with Gasteiger partial charge >= 0.3 is 7.60 Å². The third-order valence-corrected chi connectivity index (χ3v) is 5.12. The van der Waals surface area contributed by atoms with Crippen LogP contribution in [-0.2, 0) is 13.6 Å². The highest BCUT2D eigenvalue weighted by Crippen LogP contribution is 2.60. The Bertz CT molecular complexity index is 620. The molecule has 2 rings (SSSR count). The first-order valence-electron chi connectivity index (χ1n) is 6.54. The van der Waals surface area contributed by atoms with Crippen molar-refractivity contribution in [1.82, 2.24) is 0 Å². The van der Waals surface area contributed by atoms with Crippen molar-refractivity contribution < 1.29 is 13.6 Å². The van der Waals surface area contributed by atoms with Crippen LogP contribution in [0.4, 0.5) is 0 Å². The maximum Gasteiger partial charge on any atom is 0.358 e. The van der Waals surface area contributed by atoms with Gasteiger partial charge in [-0.05, 0) is 11.1 Å². The second-order valence-corrected chi connectivity index (χ2v) is 6.68. The molecule has 0 N–H and O–H groups in total. The first-order chi connectivity index (χ1) is 10.2. The lowest BCUT2D eigenvalue weighted by atomic mass is 10.2. The fraction of sp³-hybridized carbons (Fsp3) is 0.188. The lowest BCUT2D eigenvalue weighted by molar-refractivity contribution is 0.266. The summed E-state index contributed by atoms with van der Waals surface area (Å²) in [6.45, 7) is 0. The number of rotatable bonds is 6. The Balaban J connectivity index is 2.38. The molecule has 2 aromatic rings. The van der Waals surface area contributed by atoms with Crippen LogP contribution in [0.2, 0.25) is 0 Å². The molecule has 0 bridgehead atoms. The minimum atomic E-state index is -3.35. The van der Waals surface area contributed by atoms with Gasteiger partial charge in [-0.1, -0.05) is 60.7 Å². The Labute approximate surface area is 125 Å². The molecular formula is C16H18NO3P. The summed E-state index contributed by atoms with van der Waals surface area (Å²) in [7, 11) is -0.602. The van der Waals surface area contributed by atoms with E-state index in [2.05, 4.69) is 4.99 Å². The van der Waals surface area contributed by atoms with Gasteiger partial charge in [0.2, 0.25) is 0 Å². The summed E-state index contributed by atoms with van der Waals surface area (Å²) in [6, 6.07) is 19.0. The summed E-state index contributed by atoms with van der Waals surface area (Å²) < 4.78 is 22.9. The minimum absolute atomic E-state index is 0.686. The van der Waals surface area contributed by atoms with E-state index in [1.165, 1.54) is 14.2 Å². The molecule has 0 aliphatic rings. The van der Waals surface area contributed by atoms with Crippen LogP contribution < -0.4 is 0 Å². The van der Waals surface area contributed by atoms with Gasteiger partial charge in [0.25, 0.3) is 0 Å². The highest BCUT2D eigenvalue weighted by Gasteiger charge is 2.34. The zero-order chi connectivity index (χ0) is 15.1. The van der Waals surface area contributed by atoms with Gasteiger partial charge in [0.05, 0.1) is 0 Å². The summed E-state index contributed by atoms with van der Waals surface area (Å²) in [5, 5.41) is 0. The lowest BCUT2D eigenvalue weighted by Crippen LogP contribution is -2.02. The summed E-state index contributed by atoms with van der Waals surface area (Å²) >= 11 is 0. The molecule has 1 unspecified atom stereocenters. The molecule has 0 aliphatic heterocycles.